The second-order valence-corrected chi connectivity index (χ2v) is 11.4. The van der Waals surface area contributed by atoms with Crippen molar-refractivity contribution < 1.29 is 9.53 Å². The number of unbranched alkanes of at least 4 members (excludes halogenated alkanes) is 11. The first-order valence-electron chi connectivity index (χ1n) is 14.8. The molecule has 1 heterocycles. The maximum absolute atomic E-state index is 12.7. The topological polar surface area (TPSA) is 41.6 Å². The van der Waals surface area contributed by atoms with Gasteiger partial charge in [-0.2, -0.15) is 0 Å². The molecule has 0 radical (unpaired) electrons. The fourth-order valence-corrected chi connectivity index (χ4v) is 5.77. The molecule has 0 spiro atoms. The summed E-state index contributed by atoms with van der Waals surface area (Å²) in [6.45, 7) is 6.02. The number of carbonyl (C=O) groups excluding carboxylic acids is 1. The SMILES string of the molecule is CCCCCCCCCCCCCCOc1cccc(CC(=O)Nc2cccc(CN3CSC=C3C)c2)c1. The minimum atomic E-state index is -0.00642. The van der Waals surface area contributed by atoms with Gasteiger partial charge >= 0.3 is 0 Å². The Balaban J connectivity index is 1.28. The van der Waals surface area contributed by atoms with Crippen LogP contribution in [0.2, 0.25) is 0 Å². The number of anilines is 1. The van der Waals surface area contributed by atoms with Crippen molar-refractivity contribution in [2.24, 2.45) is 0 Å². The van der Waals surface area contributed by atoms with E-state index < -0.39 is 0 Å². The van der Waals surface area contributed by atoms with Crippen molar-refractivity contribution in [3.8, 4) is 5.75 Å². The summed E-state index contributed by atoms with van der Waals surface area (Å²) in [5.41, 5.74) is 4.32. The zero-order valence-corrected chi connectivity index (χ0v) is 24.5. The molecule has 0 unspecified atom stereocenters. The van der Waals surface area contributed by atoms with Crippen LogP contribution in [0, 0.1) is 0 Å². The van der Waals surface area contributed by atoms with Gasteiger partial charge < -0.3 is 15.0 Å². The molecule has 1 aliphatic rings. The first kappa shape index (κ1) is 30.1. The van der Waals surface area contributed by atoms with E-state index in [4.69, 9.17) is 4.74 Å². The molecule has 3 rings (SSSR count). The average molecular weight is 537 g/mol. The predicted molar refractivity (Wildman–Crippen MR) is 164 cm³/mol. The Morgan fingerprint density at radius 1 is 0.868 bits per heavy atom. The number of allylic oxidation sites excluding steroid dienone is 1. The van der Waals surface area contributed by atoms with Crippen molar-refractivity contribution >= 4 is 23.4 Å². The van der Waals surface area contributed by atoms with Crippen LogP contribution in [0.15, 0.2) is 59.6 Å². The van der Waals surface area contributed by atoms with Crippen molar-refractivity contribution in [2.45, 2.75) is 104 Å². The second kappa shape index (κ2) is 18.0. The molecule has 0 aliphatic carbocycles. The summed E-state index contributed by atoms with van der Waals surface area (Å²) in [6.07, 6.45) is 16.4. The molecule has 1 N–H and O–H groups in total. The van der Waals surface area contributed by atoms with E-state index in [0.717, 1.165) is 42.4 Å². The van der Waals surface area contributed by atoms with Gasteiger partial charge in [0.25, 0.3) is 0 Å². The number of hydrogen-bond acceptors (Lipinski definition) is 4. The maximum Gasteiger partial charge on any atom is 0.228 e. The lowest BCUT2D eigenvalue weighted by Gasteiger charge is -2.19. The average Bonchev–Trinajstić information content (AvgIpc) is 3.31. The third-order valence-electron chi connectivity index (χ3n) is 7.10. The number of ether oxygens (including phenoxy) is 1. The molecule has 2 aromatic rings. The molecule has 0 aromatic heterocycles. The summed E-state index contributed by atoms with van der Waals surface area (Å²) < 4.78 is 5.98. The van der Waals surface area contributed by atoms with Crippen molar-refractivity contribution in [3.05, 3.63) is 70.8 Å². The normalized spacial score (nSPS) is 13.0. The van der Waals surface area contributed by atoms with Crippen LogP contribution in [0.25, 0.3) is 0 Å². The lowest BCUT2D eigenvalue weighted by molar-refractivity contribution is -0.115. The lowest BCUT2D eigenvalue weighted by Crippen LogP contribution is -2.17. The van der Waals surface area contributed by atoms with Gasteiger partial charge in [0.1, 0.15) is 5.75 Å². The maximum atomic E-state index is 12.7. The highest BCUT2D eigenvalue weighted by Gasteiger charge is 2.12. The second-order valence-electron chi connectivity index (χ2n) is 10.6. The van der Waals surface area contributed by atoms with Crippen molar-refractivity contribution in [1.82, 2.24) is 4.90 Å². The van der Waals surface area contributed by atoms with Crippen LogP contribution < -0.4 is 10.1 Å². The molecule has 2 aromatic carbocycles. The highest BCUT2D eigenvalue weighted by molar-refractivity contribution is 8.02. The number of carbonyl (C=O) groups is 1. The van der Waals surface area contributed by atoms with Gasteiger partial charge in [-0.25, -0.2) is 0 Å². The van der Waals surface area contributed by atoms with Gasteiger partial charge in [-0.15, -0.1) is 11.8 Å². The summed E-state index contributed by atoms with van der Waals surface area (Å²) in [6, 6.07) is 16.1. The van der Waals surface area contributed by atoms with Crippen molar-refractivity contribution in [1.29, 1.82) is 0 Å². The number of thioether (sulfide) groups is 1. The summed E-state index contributed by atoms with van der Waals surface area (Å²) >= 11 is 1.82. The molecule has 4 nitrogen and oxygen atoms in total. The Morgan fingerprint density at radius 3 is 2.21 bits per heavy atom. The first-order valence-corrected chi connectivity index (χ1v) is 15.8. The number of rotatable bonds is 19. The highest BCUT2D eigenvalue weighted by Crippen LogP contribution is 2.25. The fourth-order valence-electron chi connectivity index (χ4n) is 4.83. The Bertz CT molecular complexity index is 990. The first-order chi connectivity index (χ1) is 18.6. The summed E-state index contributed by atoms with van der Waals surface area (Å²) in [5.74, 6) is 1.83. The standard InChI is InChI=1S/C33H48N2O2S/c1-3-4-5-6-7-8-9-10-11-12-13-14-21-37-32-20-16-17-29(23-32)24-33(36)34-31-19-15-18-30(22-31)25-35-27-38-26-28(35)2/h15-20,22-23,26H,3-14,21,24-25,27H2,1-2H3,(H,34,36). The Labute approximate surface area is 235 Å². The number of hydrogen-bond donors (Lipinski definition) is 1. The number of nitrogens with zero attached hydrogens (tertiary/aromatic N) is 1. The monoisotopic (exact) mass is 536 g/mol. The third kappa shape index (κ3) is 12.0. The molecule has 38 heavy (non-hydrogen) atoms. The molecule has 1 aliphatic heterocycles. The third-order valence-corrected chi connectivity index (χ3v) is 8.07. The van der Waals surface area contributed by atoms with E-state index in [0.29, 0.717) is 6.42 Å². The largest absolute Gasteiger partial charge is 0.494 e. The van der Waals surface area contributed by atoms with Crippen LogP contribution in [-0.4, -0.2) is 23.3 Å². The summed E-state index contributed by atoms with van der Waals surface area (Å²) in [4.78, 5) is 15.1. The molecule has 0 saturated heterocycles. The van der Waals surface area contributed by atoms with E-state index in [9.17, 15) is 4.79 Å². The van der Waals surface area contributed by atoms with Gasteiger partial charge in [0.15, 0.2) is 0 Å². The van der Waals surface area contributed by atoms with Crippen LogP contribution >= 0.6 is 11.8 Å². The van der Waals surface area contributed by atoms with E-state index >= 15 is 0 Å². The smallest absolute Gasteiger partial charge is 0.228 e. The zero-order chi connectivity index (χ0) is 26.8. The number of nitrogens with one attached hydrogen (secondary N) is 1. The predicted octanol–water partition coefficient (Wildman–Crippen LogP) is 9.32. The molecule has 5 heteroatoms. The van der Waals surface area contributed by atoms with Crippen molar-refractivity contribution in [3.63, 3.8) is 0 Å². The zero-order valence-electron chi connectivity index (χ0n) is 23.7. The molecule has 208 valence electrons. The van der Waals surface area contributed by atoms with Gasteiger partial charge in [0.2, 0.25) is 5.91 Å². The Kier molecular flexibility index (Phi) is 14.3. The van der Waals surface area contributed by atoms with E-state index in [-0.39, 0.29) is 5.91 Å². The van der Waals surface area contributed by atoms with E-state index in [1.54, 1.807) is 0 Å². The van der Waals surface area contributed by atoms with Gasteiger partial charge in [-0.3, -0.25) is 4.79 Å². The highest BCUT2D eigenvalue weighted by atomic mass is 32.2. The van der Waals surface area contributed by atoms with Crippen LogP contribution in [-0.2, 0) is 17.8 Å². The van der Waals surface area contributed by atoms with Crippen molar-refractivity contribution in [2.75, 3.05) is 17.8 Å². The quantitative estimate of drug-likeness (QED) is 0.182. The van der Waals surface area contributed by atoms with Gasteiger partial charge in [0, 0.05) is 17.9 Å². The van der Waals surface area contributed by atoms with Crippen LogP contribution in [0.4, 0.5) is 5.69 Å². The molecule has 0 bridgehead atoms. The molecular weight excluding hydrogens is 488 g/mol. The number of amides is 1. The van der Waals surface area contributed by atoms with Crippen LogP contribution in [0.3, 0.4) is 0 Å². The molecule has 0 saturated carbocycles. The number of benzene rings is 2. The summed E-state index contributed by atoms with van der Waals surface area (Å²) in [5, 5.41) is 5.26. The molecule has 1 amide bonds. The van der Waals surface area contributed by atoms with E-state index in [2.05, 4.69) is 41.6 Å². The van der Waals surface area contributed by atoms with Crippen LogP contribution in [0.1, 0.15) is 102 Å². The minimum absolute atomic E-state index is 0.00642. The van der Waals surface area contributed by atoms with Crippen LogP contribution in [0.5, 0.6) is 5.75 Å². The van der Waals surface area contributed by atoms with Gasteiger partial charge in [0.05, 0.1) is 18.9 Å². The molecule has 0 atom stereocenters. The Morgan fingerprint density at radius 2 is 1.53 bits per heavy atom. The molecule has 0 fully saturated rings. The Hall–Kier alpha value is -2.40. The molecular formula is C33H48N2O2S. The fraction of sp³-hybridized carbons (Fsp3) is 0.545. The van der Waals surface area contributed by atoms with Gasteiger partial charge in [-0.1, -0.05) is 102 Å². The van der Waals surface area contributed by atoms with Gasteiger partial charge in [-0.05, 0) is 54.1 Å². The minimum Gasteiger partial charge on any atom is -0.494 e. The van der Waals surface area contributed by atoms with E-state index in [1.807, 2.05) is 48.2 Å². The lowest BCUT2D eigenvalue weighted by atomic mass is 10.1. The summed E-state index contributed by atoms with van der Waals surface area (Å²) in [7, 11) is 0. The van der Waals surface area contributed by atoms with E-state index in [1.165, 1.54) is 81.9 Å².